The molecule has 0 aromatic heterocycles. The van der Waals surface area contributed by atoms with Crippen molar-refractivity contribution in [2.45, 2.75) is 70.9 Å². The van der Waals surface area contributed by atoms with Crippen LogP contribution in [-0.4, -0.2) is 42.1 Å². The largest absolute Gasteiger partial charge is 0.465 e. The summed E-state index contributed by atoms with van der Waals surface area (Å²) in [4.78, 5) is 14.7. The van der Waals surface area contributed by atoms with Gasteiger partial charge in [0.2, 0.25) is 0 Å². The van der Waals surface area contributed by atoms with Gasteiger partial charge in [0.15, 0.2) is 0 Å². The summed E-state index contributed by atoms with van der Waals surface area (Å²) >= 11 is 0. The number of hydrogen-bond donors (Lipinski definition) is 1. The number of carbonyl (C=O) groups is 1. The molecule has 0 radical (unpaired) electrons. The van der Waals surface area contributed by atoms with Gasteiger partial charge in [-0.05, 0) is 71.3 Å². The number of carbonyl (C=O) groups excluding carboxylic acids is 1. The normalized spacial score (nSPS) is 29.3. The van der Waals surface area contributed by atoms with Crippen LogP contribution in [0.3, 0.4) is 0 Å². The molecule has 2 saturated carbocycles. The Kier molecular flexibility index (Phi) is 5.67. The zero-order valence-electron chi connectivity index (χ0n) is 13.9. The third-order valence-corrected chi connectivity index (χ3v) is 5.21. The predicted octanol–water partition coefficient (Wildman–Crippen LogP) is 2.56. The summed E-state index contributed by atoms with van der Waals surface area (Å²) in [5.74, 6) is 0.992. The standard InChI is InChI=1S/C17H32N2O2/c1-4-21-16(20)17(18)10-5-6-15(17)9-11-19(13(2)3)12-14-7-8-14/h13-15H,4-12,18H2,1-3H3. The van der Waals surface area contributed by atoms with Gasteiger partial charge in [0.05, 0.1) is 6.61 Å². The molecule has 0 amide bonds. The Balaban J connectivity index is 1.89. The first kappa shape index (κ1) is 16.8. The third kappa shape index (κ3) is 4.19. The Labute approximate surface area is 129 Å². The monoisotopic (exact) mass is 296 g/mol. The van der Waals surface area contributed by atoms with Gasteiger partial charge in [-0.3, -0.25) is 4.79 Å². The van der Waals surface area contributed by atoms with Crippen molar-refractivity contribution in [3.05, 3.63) is 0 Å². The molecule has 2 N–H and O–H groups in total. The minimum absolute atomic E-state index is 0.189. The number of rotatable bonds is 8. The Hall–Kier alpha value is -0.610. The number of nitrogens with two attached hydrogens (primary N) is 1. The van der Waals surface area contributed by atoms with Gasteiger partial charge in [0.25, 0.3) is 0 Å². The molecule has 2 fully saturated rings. The average Bonchev–Trinajstić information content (AvgIpc) is 3.17. The molecule has 2 aliphatic carbocycles. The summed E-state index contributed by atoms with van der Waals surface area (Å²) in [6, 6.07) is 0.571. The van der Waals surface area contributed by atoms with E-state index in [1.165, 1.54) is 19.4 Å². The van der Waals surface area contributed by atoms with Crippen molar-refractivity contribution in [1.82, 2.24) is 4.90 Å². The highest BCUT2D eigenvalue weighted by Gasteiger charge is 2.46. The van der Waals surface area contributed by atoms with Crippen molar-refractivity contribution in [3.63, 3.8) is 0 Å². The maximum Gasteiger partial charge on any atom is 0.326 e. The number of nitrogens with zero attached hydrogens (tertiary/aromatic N) is 1. The average molecular weight is 296 g/mol. The third-order valence-electron chi connectivity index (χ3n) is 5.21. The fraction of sp³-hybridized carbons (Fsp3) is 0.941. The summed E-state index contributed by atoms with van der Waals surface area (Å²) in [6.45, 7) is 9.06. The van der Waals surface area contributed by atoms with Crippen LogP contribution in [0.25, 0.3) is 0 Å². The van der Waals surface area contributed by atoms with E-state index in [1.54, 1.807) is 0 Å². The van der Waals surface area contributed by atoms with E-state index < -0.39 is 5.54 Å². The van der Waals surface area contributed by atoms with Crippen LogP contribution in [0.2, 0.25) is 0 Å². The molecular weight excluding hydrogens is 264 g/mol. The van der Waals surface area contributed by atoms with Crippen molar-refractivity contribution in [3.8, 4) is 0 Å². The molecule has 0 aliphatic heterocycles. The Morgan fingerprint density at radius 1 is 1.38 bits per heavy atom. The van der Waals surface area contributed by atoms with Gasteiger partial charge in [-0.15, -0.1) is 0 Å². The highest BCUT2D eigenvalue weighted by Crippen LogP contribution is 2.37. The molecule has 4 heteroatoms. The van der Waals surface area contributed by atoms with E-state index in [2.05, 4.69) is 18.7 Å². The minimum atomic E-state index is -0.738. The summed E-state index contributed by atoms with van der Waals surface area (Å²) in [5, 5.41) is 0. The lowest BCUT2D eigenvalue weighted by molar-refractivity contribution is -0.151. The first-order valence-corrected chi connectivity index (χ1v) is 8.67. The summed E-state index contributed by atoms with van der Waals surface area (Å²) < 4.78 is 5.21. The van der Waals surface area contributed by atoms with Crippen LogP contribution in [-0.2, 0) is 9.53 Å². The number of hydrogen-bond acceptors (Lipinski definition) is 4. The van der Waals surface area contributed by atoms with Gasteiger partial charge in [-0.25, -0.2) is 0 Å². The van der Waals surface area contributed by atoms with E-state index in [0.29, 0.717) is 12.6 Å². The minimum Gasteiger partial charge on any atom is -0.465 e. The van der Waals surface area contributed by atoms with Gasteiger partial charge in [-0.1, -0.05) is 6.42 Å². The zero-order chi connectivity index (χ0) is 15.5. The van der Waals surface area contributed by atoms with Crippen LogP contribution in [0.4, 0.5) is 0 Å². The van der Waals surface area contributed by atoms with Crippen LogP contribution in [0.1, 0.15) is 59.3 Å². The van der Waals surface area contributed by atoms with Gasteiger partial charge in [-0.2, -0.15) is 0 Å². The van der Waals surface area contributed by atoms with Crippen molar-refractivity contribution < 1.29 is 9.53 Å². The highest BCUT2D eigenvalue weighted by atomic mass is 16.5. The fourth-order valence-corrected chi connectivity index (χ4v) is 3.55. The maximum absolute atomic E-state index is 12.2. The topological polar surface area (TPSA) is 55.6 Å². The lowest BCUT2D eigenvalue weighted by Crippen LogP contribution is -2.52. The Morgan fingerprint density at radius 2 is 2.10 bits per heavy atom. The molecule has 2 unspecified atom stereocenters. The van der Waals surface area contributed by atoms with E-state index in [4.69, 9.17) is 10.5 Å². The second-order valence-electron chi connectivity index (χ2n) is 7.17. The predicted molar refractivity (Wildman–Crippen MR) is 84.9 cm³/mol. The van der Waals surface area contributed by atoms with Gasteiger partial charge < -0.3 is 15.4 Å². The van der Waals surface area contributed by atoms with E-state index >= 15 is 0 Å². The molecule has 2 aliphatic rings. The van der Waals surface area contributed by atoms with Crippen LogP contribution in [0.15, 0.2) is 0 Å². The first-order chi connectivity index (χ1) is 9.97. The van der Waals surface area contributed by atoms with E-state index in [-0.39, 0.29) is 11.9 Å². The van der Waals surface area contributed by atoms with E-state index in [1.807, 2.05) is 6.92 Å². The summed E-state index contributed by atoms with van der Waals surface area (Å²) in [7, 11) is 0. The van der Waals surface area contributed by atoms with Crippen LogP contribution in [0.5, 0.6) is 0 Å². The Morgan fingerprint density at radius 3 is 2.67 bits per heavy atom. The lowest BCUT2D eigenvalue weighted by Gasteiger charge is -2.32. The molecule has 0 spiro atoms. The first-order valence-electron chi connectivity index (χ1n) is 8.67. The molecular formula is C17H32N2O2. The molecule has 2 rings (SSSR count). The second kappa shape index (κ2) is 7.10. The van der Waals surface area contributed by atoms with Crippen LogP contribution in [0, 0.1) is 11.8 Å². The summed E-state index contributed by atoms with van der Waals surface area (Å²) in [6.07, 6.45) is 6.67. The molecule has 2 atom stereocenters. The zero-order valence-corrected chi connectivity index (χ0v) is 13.9. The lowest BCUT2D eigenvalue weighted by atomic mass is 9.85. The number of esters is 1. The molecule has 0 aromatic rings. The summed E-state index contributed by atoms with van der Waals surface area (Å²) in [5.41, 5.74) is 5.68. The molecule has 0 aromatic carbocycles. The molecule has 0 heterocycles. The maximum atomic E-state index is 12.2. The highest BCUT2D eigenvalue weighted by molar-refractivity contribution is 5.81. The molecule has 0 saturated heterocycles. The smallest absolute Gasteiger partial charge is 0.326 e. The van der Waals surface area contributed by atoms with Crippen molar-refractivity contribution in [1.29, 1.82) is 0 Å². The van der Waals surface area contributed by atoms with Gasteiger partial charge >= 0.3 is 5.97 Å². The molecule has 0 bridgehead atoms. The second-order valence-corrected chi connectivity index (χ2v) is 7.17. The van der Waals surface area contributed by atoms with Crippen molar-refractivity contribution in [2.24, 2.45) is 17.6 Å². The van der Waals surface area contributed by atoms with Gasteiger partial charge in [0.1, 0.15) is 5.54 Å². The van der Waals surface area contributed by atoms with Crippen LogP contribution < -0.4 is 5.73 Å². The SMILES string of the molecule is CCOC(=O)C1(N)CCCC1CCN(CC1CC1)C(C)C. The van der Waals surface area contributed by atoms with E-state index in [0.717, 1.165) is 38.1 Å². The number of ether oxygens (including phenoxy) is 1. The molecule has 122 valence electrons. The molecule has 21 heavy (non-hydrogen) atoms. The van der Waals surface area contributed by atoms with Crippen molar-refractivity contribution >= 4 is 5.97 Å². The quantitative estimate of drug-likeness (QED) is 0.699. The van der Waals surface area contributed by atoms with Crippen LogP contribution >= 0.6 is 0 Å². The van der Waals surface area contributed by atoms with Crippen molar-refractivity contribution in [2.75, 3.05) is 19.7 Å². The molecule has 4 nitrogen and oxygen atoms in total. The van der Waals surface area contributed by atoms with Gasteiger partial charge in [0, 0.05) is 12.6 Å². The Bertz CT molecular complexity index is 355. The van der Waals surface area contributed by atoms with E-state index in [9.17, 15) is 4.79 Å². The fourth-order valence-electron chi connectivity index (χ4n) is 3.55.